The summed E-state index contributed by atoms with van der Waals surface area (Å²) >= 11 is 11.8. The van der Waals surface area contributed by atoms with Gasteiger partial charge in [0.2, 0.25) is 0 Å². The first kappa shape index (κ1) is 17.9. The van der Waals surface area contributed by atoms with Crippen LogP contribution in [0.3, 0.4) is 0 Å². The van der Waals surface area contributed by atoms with E-state index < -0.39 is 11.8 Å². The lowest BCUT2D eigenvalue weighted by Gasteiger charge is -2.12. The van der Waals surface area contributed by atoms with Crippen LogP contribution < -0.4 is 20.3 Å². The van der Waals surface area contributed by atoms with Crippen molar-refractivity contribution in [1.82, 2.24) is 10.9 Å². The molecule has 0 heterocycles. The molecule has 0 spiro atoms. The normalized spacial score (nSPS) is 10.0. The van der Waals surface area contributed by atoms with Gasteiger partial charge in [-0.25, -0.2) is 0 Å². The predicted octanol–water partition coefficient (Wildman–Crippen LogP) is 3.09. The molecule has 2 aromatic rings. The Morgan fingerprint density at radius 1 is 0.792 bits per heavy atom. The molecule has 0 aliphatic heterocycles. The Balaban J connectivity index is 2.13. The molecule has 0 atom stereocenters. The van der Waals surface area contributed by atoms with Gasteiger partial charge < -0.3 is 9.47 Å². The van der Waals surface area contributed by atoms with Crippen molar-refractivity contribution in [1.29, 1.82) is 0 Å². The summed E-state index contributed by atoms with van der Waals surface area (Å²) in [4.78, 5) is 24.4. The molecule has 0 aliphatic carbocycles. The van der Waals surface area contributed by atoms with Gasteiger partial charge in [-0.2, -0.15) is 0 Å². The largest absolute Gasteiger partial charge is 0.496 e. The zero-order chi connectivity index (χ0) is 17.7. The van der Waals surface area contributed by atoms with Gasteiger partial charge in [-0.1, -0.05) is 23.2 Å². The number of carbonyl (C=O) groups excluding carboxylic acids is 2. The number of rotatable bonds is 4. The Kier molecular flexibility index (Phi) is 5.89. The Bertz CT molecular complexity index is 715. The second-order valence-electron chi connectivity index (χ2n) is 4.60. The van der Waals surface area contributed by atoms with Crippen LogP contribution in [0, 0.1) is 0 Å². The molecule has 2 rings (SSSR count). The summed E-state index contributed by atoms with van der Waals surface area (Å²) < 4.78 is 10.2. The van der Waals surface area contributed by atoms with Crippen molar-refractivity contribution in [2.24, 2.45) is 0 Å². The quantitative estimate of drug-likeness (QED) is 0.813. The molecule has 24 heavy (non-hydrogen) atoms. The fourth-order valence-corrected chi connectivity index (χ4v) is 2.31. The molecule has 6 nitrogen and oxygen atoms in total. The molecular formula is C16H14Cl2N2O4. The molecule has 0 saturated heterocycles. The number of hydrogen-bond donors (Lipinski definition) is 2. The van der Waals surface area contributed by atoms with E-state index in [0.29, 0.717) is 21.5 Å². The molecule has 2 aromatic carbocycles. The van der Waals surface area contributed by atoms with Crippen LogP contribution in [0.5, 0.6) is 11.5 Å². The third kappa shape index (κ3) is 4.10. The second-order valence-corrected chi connectivity index (χ2v) is 5.47. The van der Waals surface area contributed by atoms with E-state index in [2.05, 4.69) is 10.9 Å². The van der Waals surface area contributed by atoms with E-state index in [1.54, 1.807) is 24.3 Å². The van der Waals surface area contributed by atoms with Gasteiger partial charge in [-0.3, -0.25) is 20.4 Å². The summed E-state index contributed by atoms with van der Waals surface area (Å²) in [6.07, 6.45) is 0. The van der Waals surface area contributed by atoms with E-state index >= 15 is 0 Å². The average molecular weight is 369 g/mol. The van der Waals surface area contributed by atoms with Crippen molar-refractivity contribution in [3.05, 3.63) is 57.6 Å². The van der Waals surface area contributed by atoms with Crippen LogP contribution in [-0.4, -0.2) is 26.0 Å². The summed E-state index contributed by atoms with van der Waals surface area (Å²) in [6.45, 7) is 0. The lowest BCUT2D eigenvalue weighted by atomic mass is 10.2. The Morgan fingerprint density at radius 3 is 1.50 bits per heavy atom. The van der Waals surface area contributed by atoms with Crippen molar-refractivity contribution in [2.75, 3.05) is 14.2 Å². The number of benzene rings is 2. The van der Waals surface area contributed by atoms with Crippen LogP contribution in [0.2, 0.25) is 10.0 Å². The van der Waals surface area contributed by atoms with E-state index in [4.69, 9.17) is 32.7 Å². The molecular weight excluding hydrogens is 355 g/mol. The number of nitrogens with one attached hydrogen (secondary N) is 2. The standard InChI is InChI=1S/C16H14Cl2N2O4/c1-23-13-5-3-9(17)7-11(13)15(21)19-20-16(22)12-8-10(18)4-6-14(12)24-2/h3-8H,1-2H3,(H,19,21)(H,20,22). The topological polar surface area (TPSA) is 76.7 Å². The van der Waals surface area contributed by atoms with Gasteiger partial charge in [0.25, 0.3) is 11.8 Å². The number of carbonyl (C=O) groups is 2. The van der Waals surface area contributed by atoms with E-state index in [0.717, 1.165) is 0 Å². The SMILES string of the molecule is COc1ccc(Cl)cc1C(=O)NNC(=O)c1cc(Cl)ccc1OC. The Hall–Kier alpha value is -2.44. The van der Waals surface area contributed by atoms with Crippen molar-refractivity contribution in [3.63, 3.8) is 0 Å². The van der Waals surface area contributed by atoms with E-state index in [-0.39, 0.29) is 11.1 Å². The molecule has 0 fully saturated rings. The molecule has 8 heteroatoms. The van der Waals surface area contributed by atoms with Crippen LogP contribution in [0.25, 0.3) is 0 Å². The van der Waals surface area contributed by atoms with Crippen molar-refractivity contribution < 1.29 is 19.1 Å². The lowest BCUT2D eigenvalue weighted by Crippen LogP contribution is -2.41. The summed E-state index contributed by atoms with van der Waals surface area (Å²) in [5, 5.41) is 0.729. The van der Waals surface area contributed by atoms with Crippen molar-refractivity contribution in [2.45, 2.75) is 0 Å². The highest BCUT2D eigenvalue weighted by Crippen LogP contribution is 2.23. The third-order valence-corrected chi connectivity index (χ3v) is 3.57. The van der Waals surface area contributed by atoms with E-state index in [9.17, 15) is 9.59 Å². The minimum absolute atomic E-state index is 0.184. The number of ether oxygens (including phenoxy) is 2. The third-order valence-electron chi connectivity index (χ3n) is 3.10. The summed E-state index contributed by atoms with van der Waals surface area (Å²) in [5.74, 6) is -0.509. The predicted molar refractivity (Wildman–Crippen MR) is 90.9 cm³/mol. The van der Waals surface area contributed by atoms with Crippen molar-refractivity contribution in [3.8, 4) is 11.5 Å². The number of hydrogen-bond acceptors (Lipinski definition) is 4. The van der Waals surface area contributed by atoms with Gasteiger partial charge in [0.05, 0.1) is 25.3 Å². The first-order valence-electron chi connectivity index (χ1n) is 6.74. The molecule has 0 aromatic heterocycles. The average Bonchev–Trinajstić information content (AvgIpc) is 2.59. The number of hydrazine groups is 1. The molecule has 0 bridgehead atoms. The van der Waals surface area contributed by atoms with E-state index in [1.165, 1.54) is 26.4 Å². The van der Waals surface area contributed by atoms with Crippen LogP contribution >= 0.6 is 23.2 Å². The van der Waals surface area contributed by atoms with Gasteiger partial charge in [0.1, 0.15) is 11.5 Å². The smallest absolute Gasteiger partial charge is 0.273 e. The maximum atomic E-state index is 12.2. The van der Waals surface area contributed by atoms with Gasteiger partial charge in [-0.05, 0) is 36.4 Å². The maximum absolute atomic E-state index is 12.2. The first-order chi connectivity index (χ1) is 11.5. The number of methoxy groups -OCH3 is 2. The van der Waals surface area contributed by atoms with Crippen LogP contribution in [0.4, 0.5) is 0 Å². The Morgan fingerprint density at radius 2 is 1.17 bits per heavy atom. The fraction of sp³-hybridized carbons (Fsp3) is 0.125. The van der Waals surface area contributed by atoms with Crippen LogP contribution in [0.1, 0.15) is 20.7 Å². The summed E-state index contributed by atoms with van der Waals surface area (Å²) in [5.41, 5.74) is 4.96. The lowest BCUT2D eigenvalue weighted by molar-refractivity contribution is 0.0843. The summed E-state index contributed by atoms with van der Waals surface area (Å²) in [7, 11) is 2.85. The molecule has 2 N–H and O–H groups in total. The van der Waals surface area contributed by atoms with Gasteiger partial charge in [0, 0.05) is 10.0 Å². The van der Waals surface area contributed by atoms with Crippen molar-refractivity contribution >= 4 is 35.0 Å². The number of amides is 2. The highest BCUT2D eigenvalue weighted by atomic mass is 35.5. The monoisotopic (exact) mass is 368 g/mol. The van der Waals surface area contributed by atoms with Crippen LogP contribution in [0.15, 0.2) is 36.4 Å². The molecule has 0 unspecified atom stereocenters. The van der Waals surface area contributed by atoms with Gasteiger partial charge in [0.15, 0.2) is 0 Å². The van der Waals surface area contributed by atoms with E-state index in [1.807, 2.05) is 0 Å². The Labute approximate surface area is 148 Å². The van der Waals surface area contributed by atoms with Crippen LogP contribution in [-0.2, 0) is 0 Å². The molecule has 0 saturated carbocycles. The second kappa shape index (κ2) is 7.90. The molecule has 0 aliphatic rings. The minimum Gasteiger partial charge on any atom is -0.496 e. The summed E-state index contributed by atoms with van der Waals surface area (Å²) in [6, 6.07) is 9.15. The molecule has 2 amide bonds. The zero-order valence-electron chi connectivity index (χ0n) is 12.9. The minimum atomic E-state index is -0.580. The van der Waals surface area contributed by atoms with Gasteiger partial charge in [-0.15, -0.1) is 0 Å². The highest BCUT2D eigenvalue weighted by molar-refractivity contribution is 6.31. The maximum Gasteiger partial charge on any atom is 0.273 e. The zero-order valence-corrected chi connectivity index (χ0v) is 14.4. The fourth-order valence-electron chi connectivity index (χ4n) is 1.96. The molecule has 0 radical (unpaired) electrons. The number of halogens is 2. The first-order valence-corrected chi connectivity index (χ1v) is 7.49. The molecule has 126 valence electrons. The highest BCUT2D eigenvalue weighted by Gasteiger charge is 2.16. The van der Waals surface area contributed by atoms with Gasteiger partial charge >= 0.3 is 0 Å².